The van der Waals surface area contributed by atoms with Gasteiger partial charge in [0.15, 0.2) is 11.4 Å². The molecule has 3 heterocycles. The van der Waals surface area contributed by atoms with Crippen LogP contribution in [0.25, 0.3) is 21.8 Å². The molecule has 0 atom stereocenters. The van der Waals surface area contributed by atoms with Crippen LogP contribution in [-0.2, 0) is 7.05 Å². The molecule has 0 fully saturated rings. The number of hydrogen-bond donors (Lipinski definition) is 0. The maximum absolute atomic E-state index is 13.4. The molecule has 0 saturated carbocycles. The maximum Gasteiger partial charge on any atom is 0.344 e. The second-order valence-corrected chi connectivity index (χ2v) is 7.70. The minimum absolute atomic E-state index is 0.0127. The Labute approximate surface area is 162 Å². The van der Waals surface area contributed by atoms with E-state index in [4.69, 9.17) is 0 Å². The minimum atomic E-state index is -0.0127. The van der Waals surface area contributed by atoms with Gasteiger partial charge in [-0.05, 0) is 30.5 Å². The molecular weight excluding hydrogens is 354 g/mol. The number of nitrogens with zero attached hydrogens (tertiary/aromatic N) is 3. The Hall–Kier alpha value is -2.92. The number of hydrogen-bond acceptors (Lipinski definition) is 2. The number of pyridine rings is 1. The summed E-state index contributed by atoms with van der Waals surface area (Å²) in [4.78, 5) is 14.6. The molecule has 4 aromatic rings. The van der Waals surface area contributed by atoms with Crippen molar-refractivity contribution >= 4 is 11.3 Å². The molecule has 0 bridgehead atoms. The van der Waals surface area contributed by atoms with E-state index < -0.39 is 0 Å². The van der Waals surface area contributed by atoms with Crippen molar-refractivity contribution in [3.8, 4) is 21.8 Å². The molecule has 4 rings (SSSR count). The molecule has 0 aliphatic rings. The van der Waals surface area contributed by atoms with Crippen LogP contribution in [0.3, 0.4) is 0 Å². The Balaban J connectivity index is 1.94. The van der Waals surface area contributed by atoms with Crippen LogP contribution in [0.1, 0.15) is 17.1 Å². The second-order valence-electron chi connectivity index (χ2n) is 6.75. The third-order valence-electron chi connectivity index (χ3n) is 4.99. The Kier molecular flexibility index (Phi) is 4.32. The van der Waals surface area contributed by atoms with E-state index in [-0.39, 0.29) is 5.56 Å². The van der Waals surface area contributed by atoms with E-state index in [9.17, 15) is 4.79 Å². The van der Waals surface area contributed by atoms with Gasteiger partial charge in [-0.25, -0.2) is 4.68 Å². The van der Waals surface area contributed by atoms with Gasteiger partial charge < -0.3 is 0 Å². The van der Waals surface area contributed by atoms with E-state index in [2.05, 4.69) is 48.1 Å². The number of thiophene rings is 1. The SMILES string of the molecule is Cc1c(-[n+]2c(C)cc(-c3cccs3)cc2C)c(=O)n(-c2ccccc2)n1C. The Morgan fingerprint density at radius 1 is 0.926 bits per heavy atom. The summed E-state index contributed by atoms with van der Waals surface area (Å²) in [5.41, 5.74) is 5.77. The van der Waals surface area contributed by atoms with Gasteiger partial charge in [0.1, 0.15) is 5.69 Å². The fraction of sp³-hybridized carbons (Fsp3) is 0.182. The summed E-state index contributed by atoms with van der Waals surface area (Å²) < 4.78 is 5.71. The van der Waals surface area contributed by atoms with Gasteiger partial charge in [0, 0.05) is 43.5 Å². The molecule has 0 N–H and O–H groups in total. The highest BCUT2D eigenvalue weighted by Crippen LogP contribution is 2.25. The third kappa shape index (κ3) is 2.84. The predicted octanol–water partition coefficient (Wildman–Crippen LogP) is 4.11. The summed E-state index contributed by atoms with van der Waals surface area (Å²) in [6, 6.07) is 18.2. The molecule has 0 aliphatic heterocycles. The molecule has 4 nitrogen and oxygen atoms in total. The fourth-order valence-electron chi connectivity index (χ4n) is 3.65. The first-order chi connectivity index (χ1) is 13.0. The van der Waals surface area contributed by atoms with Crippen molar-refractivity contribution in [3.63, 3.8) is 0 Å². The standard InChI is InChI=1S/C22H22N3OS/c1-15-13-18(20-11-8-12-27-20)14-16(2)24(15)21-17(3)23(4)25(22(21)26)19-9-6-5-7-10-19/h5-14H,1-4H3/q+1. The summed E-state index contributed by atoms with van der Waals surface area (Å²) in [6.45, 7) is 6.11. The maximum atomic E-state index is 13.4. The van der Waals surface area contributed by atoms with Crippen molar-refractivity contribution < 1.29 is 4.57 Å². The topological polar surface area (TPSA) is 30.8 Å². The lowest BCUT2D eigenvalue weighted by molar-refractivity contribution is -0.610. The molecule has 1 aromatic carbocycles. The summed E-state index contributed by atoms with van der Waals surface area (Å²) in [5, 5.41) is 2.08. The van der Waals surface area contributed by atoms with Crippen molar-refractivity contribution in [3.05, 3.63) is 87.4 Å². The quantitative estimate of drug-likeness (QED) is 0.495. The van der Waals surface area contributed by atoms with Crippen molar-refractivity contribution in [2.24, 2.45) is 7.05 Å². The Morgan fingerprint density at radius 2 is 1.59 bits per heavy atom. The van der Waals surface area contributed by atoms with Crippen LogP contribution in [-0.4, -0.2) is 9.36 Å². The Morgan fingerprint density at radius 3 is 2.19 bits per heavy atom. The molecule has 0 amide bonds. The van der Waals surface area contributed by atoms with E-state index in [1.165, 1.54) is 10.4 Å². The first kappa shape index (κ1) is 17.5. The third-order valence-corrected chi connectivity index (χ3v) is 5.91. The molecule has 0 unspecified atom stereocenters. The van der Waals surface area contributed by atoms with E-state index in [1.807, 2.05) is 49.0 Å². The summed E-state index contributed by atoms with van der Waals surface area (Å²) in [6.07, 6.45) is 0. The number of para-hydroxylation sites is 1. The lowest BCUT2D eigenvalue weighted by Crippen LogP contribution is -2.43. The van der Waals surface area contributed by atoms with Crippen LogP contribution in [0, 0.1) is 20.8 Å². The van der Waals surface area contributed by atoms with Crippen LogP contribution in [0.15, 0.2) is 64.8 Å². The average Bonchev–Trinajstić information content (AvgIpc) is 3.25. The zero-order valence-corrected chi connectivity index (χ0v) is 16.7. The van der Waals surface area contributed by atoms with Gasteiger partial charge in [-0.1, -0.05) is 24.3 Å². The monoisotopic (exact) mass is 376 g/mol. The molecule has 0 radical (unpaired) electrons. The lowest BCUT2D eigenvalue weighted by atomic mass is 10.1. The molecule has 0 spiro atoms. The van der Waals surface area contributed by atoms with Gasteiger partial charge in [0.2, 0.25) is 0 Å². The number of aromatic nitrogens is 3. The molecule has 136 valence electrons. The highest BCUT2D eigenvalue weighted by molar-refractivity contribution is 7.13. The van der Waals surface area contributed by atoms with Gasteiger partial charge >= 0.3 is 5.56 Å². The zero-order chi connectivity index (χ0) is 19.1. The number of rotatable bonds is 3. The van der Waals surface area contributed by atoms with Gasteiger partial charge in [0.25, 0.3) is 5.69 Å². The molecule has 3 aromatic heterocycles. The summed E-state index contributed by atoms with van der Waals surface area (Å²) in [7, 11) is 1.93. The van der Waals surface area contributed by atoms with Gasteiger partial charge in [-0.2, -0.15) is 4.57 Å². The lowest BCUT2D eigenvalue weighted by Gasteiger charge is -2.06. The van der Waals surface area contributed by atoms with E-state index in [0.717, 1.165) is 22.8 Å². The van der Waals surface area contributed by atoms with Gasteiger partial charge in [0.05, 0.1) is 5.69 Å². The molecule has 5 heteroatoms. The summed E-state index contributed by atoms with van der Waals surface area (Å²) in [5.74, 6) is 0. The van der Waals surface area contributed by atoms with E-state index in [0.29, 0.717) is 5.69 Å². The first-order valence-corrected chi connectivity index (χ1v) is 9.78. The Bertz CT molecular complexity index is 1150. The molecule has 0 saturated heterocycles. The normalized spacial score (nSPS) is 11.1. The smallest absolute Gasteiger partial charge is 0.278 e. The fourth-order valence-corrected chi connectivity index (χ4v) is 4.36. The molecular formula is C22H22N3OS+. The van der Waals surface area contributed by atoms with E-state index >= 15 is 0 Å². The van der Waals surface area contributed by atoms with E-state index in [1.54, 1.807) is 16.0 Å². The van der Waals surface area contributed by atoms with Gasteiger partial charge in [-0.3, -0.25) is 9.48 Å². The molecule has 27 heavy (non-hydrogen) atoms. The highest BCUT2D eigenvalue weighted by Gasteiger charge is 2.28. The molecule has 0 aliphatic carbocycles. The first-order valence-electron chi connectivity index (χ1n) is 8.90. The van der Waals surface area contributed by atoms with Crippen LogP contribution < -0.4 is 10.1 Å². The highest BCUT2D eigenvalue weighted by atomic mass is 32.1. The summed E-state index contributed by atoms with van der Waals surface area (Å²) >= 11 is 1.73. The minimum Gasteiger partial charge on any atom is -0.278 e. The van der Waals surface area contributed by atoms with Crippen LogP contribution in [0.4, 0.5) is 0 Å². The van der Waals surface area contributed by atoms with Crippen LogP contribution >= 0.6 is 11.3 Å². The number of aryl methyl sites for hydroxylation is 2. The number of benzene rings is 1. The predicted molar refractivity (Wildman–Crippen MR) is 110 cm³/mol. The van der Waals surface area contributed by atoms with Crippen molar-refractivity contribution in [1.29, 1.82) is 0 Å². The average molecular weight is 377 g/mol. The largest absolute Gasteiger partial charge is 0.344 e. The van der Waals surface area contributed by atoms with Crippen LogP contribution in [0.5, 0.6) is 0 Å². The van der Waals surface area contributed by atoms with Crippen molar-refractivity contribution in [2.45, 2.75) is 20.8 Å². The van der Waals surface area contributed by atoms with Crippen molar-refractivity contribution in [1.82, 2.24) is 9.36 Å². The van der Waals surface area contributed by atoms with Gasteiger partial charge in [-0.15, -0.1) is 11.3 Å². The van der Waals surface area contributed by atoms with Crippen LogP contribution in [0.2, 0.25) is 0 Å². The van der Waals surface area contributed by atoms with Crippen molar-refractivity contribution in [2.75, 3.05) is 0 Å². The zero-order valence-electron chi connectivity index (χ0n) is 15.9. The second kappa shape index (κ2) is 6.67.